The Bertz CT molecular complexity index is 648. The van der Waals surface area contributed by atoms with Gasteiger partial charge in [0.2, 0.25) is 0 Å². The number of hydrogen-bond acceptors (Lipinski definition) is 5. The average molecular weight is 255 g/mol. The second-order valence-electron chi connectivity index (χ2n) is 3.82. The van der Waals surface area contributed by atoms with E-state index in [1.165, 1.54) is 0 Å². The van der Waals surface area contributed by atoms with E-state index in [0.717, 1.165) is 5.56 Å². The van der Waals surface area contributed by atoms with Gasteiger partial charge in [0.15, 0.2) is 17.2 Å². The van der Waals surface area contributed by atoms with E-state index in [1.54, 1.807) is 38.5 Å². The second-order valence-corrected chi connectivity index (χ2v) is 3.82. The minimum Gasteiger partial charge on any atom is -0.493 e. The molecule has 0 bridgehead atoms. The topological polar surface area (TPSA) is 81.2 Å². The van der Waals surface area contributed by atoms with Crippen LogP contribution in [0.1, 0.15) is 5.69 Å². The normalized spacial score (nSPS) is 9.74. The molecule has 0 aliphatic rings. The van der Waals surface area contributed by atoms with Crippen LogP contribution in [0.5, 0.6) is 11.5 Å². The lowest BCUT2D eigenvalue weighted by molar-refractivity contribution is 0.355. The minimum atomic E-state index is 0.215. The standard InChI is InChI=1S/C14H13N3O2/c1-18-13-6-3-9(7-14(13)19-2)11-5-4-10(16)12(8-15)17-11/h3-7H,16H2,1-2H3. The van der Waals surface area contributed by atoms with E-state index < -0.39 is 0 Å². The quantitative estimate of drug-likeness (QED) is 0.909. The number of benzene rings is 1. The van der Waals surface area contributed by atoms with E-state index in [1.807, 2.05) is 12.1 Å². The first-order valence-corrected chi connectivity index (χ1v) is 5.58. The van der Waals surface area contributed by atoms with Crippen LogP contribution in [0.25, 0.3) is 11.3 Å². The monoisotopic (exact) mass is 255 g/mol. The van der Waals surface area contributed by atoms with Crippen molar-refractivity contribution in [3.05, 3.63) is 36.0 Å². The third kappa shape index (κ3) is 2.43. The van der Waals surface area contributed by atoms with Crippen molar-refractivity contribution in [2.45, 2.75) is 0 Å². The van der Waals surface area contributed by atoms with Gasteiger partial charge in [-0.2, -0.15) is 5.26 Å². The van der Waals surface area contributed by atoms with Crippen molar-refractivity contribution < 1.29 is 9.47 Å². The van der Waals surface area contributed by atoms with Crippen molar-refractivity contribution in [3.63, 3.8) is 0 Å². The minimum absolute atomic E-state index is 0.215. The van der Waals surface area contributed by atoms with Crippen LogP contribution >= 0.6 is 0 Å². The zero-order chi connectivity index (χ0) is 13.8. The average Bonchev–Trinajstić information content (AvgIpc) is 2.47. The van der Waals surface area contributed by atoms with Crippen molar-refractivity contribution in [3.8, 4) is 28.8 Å². The highest BCUT2D eigenvalue weighted by atomic mass is 16.5. The number of hydrogen-bond donors (Lipinski definition) is 1. The molecule has 1 aromatic heterocycles. The highest BCUT2D eigenvalue weighted by Crippen LogP contribution is 2.31. The number of aromatic nitrogens is 1. The molecule has 1 heterocycles. The molecule has 2 rings (SSSR count). The van der Waals surface area contributed by atoms with Crippen LogP contribution < -0.4 is 15.2 Å². The predicted molar refractivity (Wildman–Crippen MR) is 71.9 cm³/mol. The zero-order valence-electron chi connectivity index (χ0n) is 10.7. The van der Waals surface area contributed by atoms with Crippen molar-refractivity contribution >= 4 is 5.69 Å². The second kappa shape index (κ2) is 5.27. The third-order valence-corrected chi connectivity index (χ3v) is 2.71. The molecule has 0 unspecified atom stereocenters. The molecule has 0 spiro atoms. The summed E-state index contributed by atoms with van der Waals surface area (Å²) in [5.41, 5.74) is 7.72. The molecule has 1 aromatic carbocycles. The SMILES string of the molecule is COc1ccc(-c2ccc(N)c(C#N)n2)cc1OC. The first kappa shape index (κ1) is 12.7. The Morgan fingerprint density at radius 3 is 2.47 bits per heavy atom. The fourth-order valence-corrected chi connectivity index (χ4v) is 1.72. The van der Waals surface area contributed by atoms with Gasteiger partial charge in [0, 0.05) is 5.56 Å². The Morgan fingerprint density at radius 1 is 1.11 bits per heavy atom. The van der Waals surface area contributed by atoms with Gasteiger partial charge in [-0.1, -0.05) is 0 Å². The summed E-state index contributed by atoms with van der Waals surface area (Å²) in [6.45, 7) is 0. The number of methoxy groups -OCH3 is 2. The van der Waals surface area contributed by atoms with Gasteiger partial charge >= 0.3 is 0 Å². The molecular formula is C14H13N3O2. The fraction of sp³-hybridized carbons (Fsp3) is 0.143. The van der Waals surface area contributed by atoms with Crippen LogP contribution in [0.2, 0.25) is 0 Å². The summed E-state index contributed by atoms with van der Waals surface area (Å²) in [7, 11) is 3.14. The lowest BCUT2D eigenvalue weighted by atomic mass is 10.1. The third-order valence-electron chi connectivity index (χ3n) is 2.71. The van der Waals surface area contributed by atoms with E-state index in [4.69, 9.17) is 20.5 Å². The molecule has 0 atom stereocenters. The Kier molecular flexibility index (Phi) is 3.53. The van der Waals surface area contributed by atoms with Gasteiger partial charge in [-0.05, 0) is 30.3 Å². The molecule has 2 aromatic rings. The maximum absolute atomic E-state index is 8.94. The fourth-order valence-electron chi connectivity index (χ4n) is 1.72. The first-order valence-electron chi connectivity index (χ1n) is 5.58. The highest BCUT2D eigenvalue weighted by molar-refractivity contribution is 5.66. The molecule has 0 fully saturated rings. The van der Waals surface area contributed by atoms with Crippen LogP contribution in [0.15, 0.2) is 30.3 Å². The predicted octanol–water partition coefficient (Wildman–Crippen LogP) is 2.22. The van der Waals surface area contributed by atoms with Gasteiger partial charge in [-0.15, -0.1) is 0 Å². The number of ether oxygens (including phenoxy) is 2. The van der Waals surface area contributed by atoms with E-state index in [9.17, 15) is 0 Å². The van der Waals surface area contributed by atoms with Gasteiger partial charge in [0.25, 0.3) is 0 Å². The summed E-state index contributed by atoms with van der Waals surface area (Å²) >= 11 is 0. The lowest BCUT2D eigenvalue weighted by Gasteiger charge is -2.09. The Hall–Kier alpha value is -2.74. The molecule has 0 amide bonds. The Balaban J connectivity index is 2.50. The molecule has 19 heavy (non-hydrogen) atoms. The summed E-state index contributed by atoms with van der Waals surface area (Å²) in [4.78, 5) is 4.21. The van der Waals surface area contributed by atoms with E-state index in [0.29, 0.717) is 22.9 Å². The number of pyridine rings is 1. The van der Waals surface area contributed by atoms with Gasteiger partial charge in [-0.25, -0.2) is 4.98 Å². The number of anilines is 1. The zero-order valence-corrected chi connectivity index (χ0v) is 10.7. The number of nitrogens with zero attached hydrogens (tertiary/aromatic N) is 2. The van der Waals surface area contributed by atoms with Gasteiger partial charge < -0.3 is 15.2 Å². The molecule has 0 saturated heterocycles. The number of nitriles is 1. The highest BCUT2D eigenvalue weighted by Gasteiger charge is 2.09. The van der Waals surface area contributed by atoms with E-state index in [2.05, 4.69) is 4.98 Å². The number of rotatable bonds is 3. The van der Waals surface area contributed by atoms with Crippen LogP contribution in [0.4, 0.5) is 5.69 Å². The van der Waals surface area contributed by atoms with Crippen LogP contribution in [0.3, 0.4) is 0 Å². The van der Waals surface area contributed by atoms with Crippen molar-refractivity contribution in [2.75, 3.05) is 20.0 Å². The molecule has 0 aliphatic carbocycles. The molecule has 0 aliphatic heterocycles. The molecule has 0 saturated carbocycles. The largest absolute Gasteiger partial charge is 0.493 e. The number of nitrogen functional groups attached to an aromatic ring is 1. The molecule has 0 radical (unpaired) electrons. The molecule has 5 heteroatoms. The van der Waals surface area contributed by atoms with E-state index in [-0.39, 0.29) is 5.69 Å². The summed E-state index contributed by atoms with van der Waals surface area (Å²) in [6, 6.07) is 10.8. The van der Waals surface area contributed by atoms with Crippen LogP contribution in [0, 0.1) is 11.3 Å². The summed E-state index contributed by atoms with van der Waals surface area (Å²) in [5.74, 6) is 1.25. The Morgan fingerprint density at radius 2 is 1.84 bits per heavy atom. The van der Waals surface area contributed by atoms with Gasteiger partial charge in [0.05, 0.1) is 25.6 Å². The molecule has 2 N–H and O–H groups in total. The van der Waals surface area contributed by atoms with Gasteiger partial charge in [-0.3, -0.25) is 0 Å². The summed E-state index contributed by atoms with van der Waals surface area (Å²) in [5, 5.41) is 8.94. The maximum atomic E-state index is 8.94. The maximum Gasteiger partial charge on any atom is 0.164 e. The van der Waals surface area contributed by atoms with Crippen molar-refractivity contribution in [1.29, 1.82) is 5.26 Å². The smallest absolute Gasteiger partial charge is 0.164 e. The van der Waals surface area contributed by atoms with Crippen LogP contribution in [-0.2, 0) is 0 Å². The van der Waals surface area contributed by atoms with Gasteiger partial charge in [0.1, 0.15) is 6.07 Å². The molecule has 96 valence electrons. The number of nitrogens with two attached hydrogens (primary N) is 1. The van der Waals surface area contributed by atoms with Crippen LogP contribution in [-0.4, -0.2) is 19.2 Å². The summed E-state index contributed by atoms with van der Waals surface area (Å²) < 4.78 is 10.4. The van der Waals surface area contributed by atoms with Crippen molar-refractivity contribution in [1.82, 2.24) is 4.98 Å². The molecular weight excluding hydrogens is 242 g/mol. The lowest BCUT2D eigenvalue weighted by Crippen LogP contribution is -1.96. The first-order chi connectivity index (χ1) is 9.19. The van der Waals surface area contributed by atoms with E-state index >= 15 is 0 Å². The van der Waals surface area contributed by atoms with Crippen molar-refractivity contribution in [2.24, 2.45) is 0 Å². The summed E-state index contributed by atoms with van der Waals surface area (Å²) in [6.07, 6.45) is 0. The Labute approximate surface area is 111 Å². The molecule has 5 nitrogen and oxygen atoms in total.